The fourth-order valence-electron chi connectivity index (χ4n) is 1.24. The quantitative estimate of drug-likeness (QED) is 0.763. The molecule has 0 aromatic heterocycles. The molecule has 0 atom stereocenters. The summed E-state index contributed by atoms with van der Waals surface area (Å²) in [6, 6.07) is 5.78. The second kappa shape index (κ2) is 4.51. The van der Waals surface area contributed by atoms with E-state index in [-0.39, 0.29) is 16.6 Å². The van der Waals surface area contributed by atoms with Gasteiger partial charge in [0, 0.05) is 6.04 Å². The third kappa shape index (κ3) is 2.72. The molecule has 0 fully saturated rings. The lowest BCUT2D eigenvalue weighted by Crippen LogP contribution is -2.30. The van der Waals surface area contributed by atoms with Crippen LogP contribution in [-0.4, -0.2) is 14.5 Å². The molecule has 0 radical (unpaired) electrons. The fourth-order valence-corrected chi connectivity index (χ4v) is 2.60. The summed E-state index contributed by atoms with van der Waals surface area (Å²) in [6.07, 6.45) is 0. The number of nitrogens with zero attached hydrogens (tertiary/aromatic N) is 1. The summed E-state index contributed by atoms with van der Waals surface area (Å²) < 4.78 is 26.0. The minimum atomic E-state index is -3.60. The van der Waals surface area contributed by atoms with Crippen molar-refractivity contribution >= 4 is 15.7 Å². The van der Waals surface area contributed by atoms with Gasteiger partial charge in [0.2, 0.25) is 10.0 Å². The van der Waals surface area contributed by atoms with Crippen LogP contribution in [0.15, 0.2) is 23.1 Å². The molecule has 16 heavy (non-hydrogen) atoms. The average molecular weight is 239 g/mol. The number of anilines is 1. The Labute approximate surface area is 94.9 Å². The van der Waals surface area contributed by atoms with E-state index in [1.165, 1.54) is 18.2 Å². The van der Waals surface area contributed by atoms with E-state index in [2.05, 4.69) is 4.72 Å². The molecular weight excluding hydrogens is 226 g/mol. The van der Waals surface area contributed by atoms with Gasteiger partial charge in [0.1, 0.15) is 4.90 Å². The van der Waals surface area contributed by atoms with Gasteiger partial charge < -0.3 is 5.73 Å². The van der Waals surface area contributed by atoms with E-state index in [0.29, 0.717) is 5.56 Å². The fraction of sp³-hybridized carbons (Fsp3) is 0.300. The Hall–Kier alpha value is -1.58. The van der Waals surface area contributed by atoms with Crippen LogP contribution in [0.5, 0.6) is 0 Å². The zero-order valence-electron chi connectivity index (χ0n) is 9.06. The maximum atomic E-state index is 11.8. The Morgan fingerprint density at radius 3 is 2.50 bits per heavy atom. The van der Waals surface area contributed by atoms with Gasteiger partial charge in [-0.25, -0.2) is 13.1 Å². The van der Waals surface area contributed by atoms with Crippen LogP contribution in [-0.2, 0) is 10.0 Å². The molecule has 5 nitrogen and oxygen atoms in total. The predicted molar refractivity (Wildman–Crippen MR) is 61.0 cm³/mol. The molecule has 0 heterocycles. The summed E-state index contributed by atoms with van der Waals surface area (Å²) >= 11 is 0. The molecule has 0 unspecified atom stereocenters. The Morgan fingerprint density at radius 1 is 1.44 bits per heavy atom. The first kappa shape index (κ1) is 12.5. The van der Waals surface area contributed by atoms with Crippen LogP contribution in [0.1, 0.15) is 19.4 Å². The van der Waals surface area contributed by atoms with Gasteiger partial charge in [0.05, 0.1) is 17.3 Å². The second-order valence-corrected chi connectivity index (χ2v) is 5.32. The lowest BCUT2D eigenvalue weighted by Gasteiger charge is -2.11. The number of hydrogen-bond donors (Lipinski definition) is 2. The van der Waals surface area contributed by atoms with Crippen molar-refractivity contribution in [3.8, 4) is 6.07 Å². The Bertz CT molecular complexity index is 529. The highest BCUT2D eigenvalue weighted by Crippen LogP contribution is 2.19. The molecule has 0 saturated carbocycles. The topological polar surface area (TPSA) is 96.0 Å². The standard InChI is InChI=1S/C10H13N3O2S/c1-7(2)13-16(14,15)10-4-3-8(6-11)5-9(10)12/h3-5,7,13H,12H2,1-2H3. The van der Waals surface area contributed by atoms with Gasteiger partial charge in [-0.05, 0) is 32.0 Å². The van der Waals surface area contributed by atoms with Gasteiger partial charge in [0.25, 0.3) is 0 Å². The van der Waals surface area contributed by atoms with Gasteiger partial charge in [-0.15, -0.1) is 0 Å². The van der Waals surface area contributed by atoms with Crippen molar-refractivity contribution in [1.82, 2.24) is 4.72 Å². The van der Waals surface area contributed by atoms with E-state index in [4.69, 9.17) is 11.0 Å². The zero-order chi connectivity index (χ0) is 12.3. The Balaban J connectivity index is 3.20. The van der Waals surface area contributed by atoms with E-state index in [9.17, 15) is 8.42 Å². The first-order chi connectivity index (χ1) is 7.36. The molecular formula is C10H13N3O2S. The smallest absolute Gasteiger partial charge is 0.242 e. The monoisotopic (exact) mass is 239 g/mol. The van der Waals surface area contributed by atoms with Gasteiger partial charge >= 0.3 is 0 Å². The normalized spacial score (nSPS) is 11.4. The summed E-state index contributed by atoms with van der Waals surface area (Å²) in [5.74, 6) is 0. The maximum absolute atomic E-state index is 11.8. The lowest BCUT2D eigenvalue weighted by molar-refractivity contribution is 0.570. The highest BCUT2D eigenvalue weighted by Gasteiger charge is 2.18. The zero-order valence-corrected chi connectivity index (χ0v) is 9.88. The van der Waals surface area contributed by atoms with Crippen LogP contribution in [0.2, 0.25) is 0 Å². The van der Waals surface area contributed by atoms with Crippen LogP contribution in [0.3, 0.4) is 0 Å². The van der Waals surface area contributed by atoms with Crippen LogP contribution in [0, 0.1) is 11.3 Å². The van der Waals surface area contributed by atoms with E-state index < -0.39 is 10.0 Å². The molecule has 6 heteroatoms. The largest absolute Gasteiger partial charge is 0.398 e. The maximum Gasteiger partial charge on any atom is 0.242 e. The number of nitrogen functional groups attached to an aromatic ring is 1. The molecule has 1 aromatic carbocycles. The summed E-state index contributed by atoms with van der Waals surface area (Å²) in [7, 11) is -3.60. The average Bonchev–Trinajstić information content (AvgIpc) is 2.14. The lowest BCUT2D eigenvalue weighted by atomic mass is 10.2. The Kier molecular flexibility index (Phi) is 3.52. The van der Waals surface area contributed by atoms with Crippen molar-refractivity contribution in [2.75, 3.05) is 5.73 Å². The van der Waals surface area contributed by atoms with Crippen molar-refractivity contribution in [2.24, 2.45) is 0 Å². The number of nitrogens with two attached hydrogens (primary N) is 1. The van der Waals surface area contributed by atoms with Gasteiger partial charge in [0.15, 0.2) is 0 Å². The predicted octanol–water partition coefficient (Wildman–Crippen LogP) is 0.827. The van der Waals surface area contributed by atoms with Crippen molar-refractivity contribution in [3.63, 3.8) is 0 Å². The SMILES string of the molecule is CC(C)NS(=O)(=O)c1ccc(C#N)cc1N. The highest BCUT2D eigenvalue weighted by molar-refractivity contribution is 7.89. The van der Waals surface area contributed by atoms with E-state index in [0.717, 1.165) is 0 Å². The van der Waals surface area contributed by atoms with Gasteiger partial charge in [-0.1, -0.05) is 0 Å². The minimum absolute atomic E-state index is 0.000185. The van der Waals surface area contributed by atoms with Crippen molar-refractivity contribution in [1.29, 1.82) is 5.26 Å². The first-order valence-corrected chi connectivity index (χ1v) is 6.17. The second-order valence-electron chi connectivity index (χ2n) is 3.64. The van der Waals surface area contributed by atoms with Crippen molar-refractivity contribution in [2.45, 2.75) is 24.8 Å². The molecule has 0 bridgehead atoms. The molecule has 0 spiro atoms. The summed E-state index contributed by atoms with van der Waals surface area (Å²) in [4.78, 5) is 0.000185. The van der Waals surface area contributed by atoms with Crippen molar-refractivity contribution in [3.05, 3.63) is 23.8 Å². The molecule has 0 aliphatic carbocycles. The van der Waals surface area contributed by atoms with Crippen LogP contribution in [0.25, 0.3) is 0 Å². The number of hydrogen-bond acceptors (Lipinski definition) is 4. The third-order valence-electron chi connectivity index (χ3n) is 1.82. The molecule has 0 aliphatic rings. The molecule has 1 rings (SSSR count). The number of sulfonamides is 1. The number of benzene rings is 1. The van der Waals surface area contributed by atoms with Gasteiger partial charge in [-0.2, -0.15) is 5.26 Å². The molecule has 0 amide bonds. The third-order valence-corrected chi connectivity index (χ3v) is 3.55. The molecule has 3 N–H and O–H groups in total. The molecule has 86 valence electrons. The first-order valence-electron chi connectivity index (χ1n) is 4.69. The van der Waals surface area contributed by atoms with E-state index in [1.807, 2.05) is 6.07 Å². The number of nitrogens with one attached hydrogen (secondary N) is 1. The number of rotatable bonds is 3. The number of nitriles is 1. The van der Waals surface area contributed by atoms with Gasteiger partial charge in [-0.3, -0.25) is 0 Å². The van der Waals surface area contributed by atoms with E-state index in [1.54, 1.807) is 13.8 Å². The molecule has 1 aromatic rings. The van der Waals surface area contributed by atoms with Crippen LogP contribution < -0.4 is 10.5 Å². The minimum Gasteiger partial charge on any atom is -0.398 e. The Morgan fingerprint density at radius 2 is 2.06 bits per heavy atom. The summed E-state index contributed by atoms with van der Waals surface area (Å²) in [5.41, 5.74) is 6.00. The van der Waals surface area contributed by atoms with Crippen LogP contribution in [0.4, 0.5) is 5.69 Å². The highest BCUT2D eigenvalue weighted by atomic mass is 32.2. The molecule has 0 saturated heterocycles. The molecule has 0 aliphatic heterocycles. The summed E-state index contributed by atoms with van der Waals surface area (Å²) in [5, 5.41) is 8.63. The van der Waals surface area contributed by atoms with Crippen LogP contribution >= 0.6 is 0 Å². The van der Waals surface area contributed by atoms with E-state index >= 15 is 0 Å². The summed E-state index contributed by atoms with van der Waals surface area (Å²) in [6.45, 7) is 3.44. The van der Waals surface area contributed by atoms with Crippen molar-refractivity contribution < 1.29 is 8.42 Å².